The molecular weight excluding hydrogens is 326 g/mol. The summed E-state index contributed by atoms with van der Waals surface area (Å²) in [5, 5.41) is 21.3. The van der Waals surface area contributed by atoms with Gasteiger partial charge in [0, 0.05) is 6.42 Å². The minimum absolute atomic E-state index is 0.0892. The summed E-state index contributed by atoms with van der Waals surface area (Å²) in [4.78, 5) is 23.9. The standard InChI is InChI=1S/C16H23NO6.C2H6/c1-5-22-14(20)11(17-15(21)23-16(2,3)4)8-10-6-7-12(18)13(19)9-10;1-2/h6-7,9,11,18-19H,5,8H2,1-4H3,(H,17,21);1-2H3. The number of carbonyl (C=O) groups excluding carboxylic acids is 2. The second-order valence-electron chi connectivity index (χ2n) is 5.98. The van der Waals surface area contributed by atoms with Crippen LogP contribution in [0.2, 0.25) is 0 Å². The summed E-state index contributed by atoms with van der Waals surface area (Å²) in [7, 11) is 0. The zero-order valence-electron chi connectivity index (χ0n) is 15.8. The molecule has 0 spiro atoms. The maximum Gasteiger partial charge on any atom is 0.408 e. The first-order valence-electron chi connectivity index (χ1n) is 8.29. The van der Waals surface area contributed by atoms with E-state index in [1.165, 1.54) is 18.2 Å². The van der Waals surface area contributed by atoms with Crippen molar-refractivity contribution in [2.24, 2.45) is 0 Å². The lowest BCUT2D eigenvalue weighted by molar-refractivity contribution is -0.145. The molecule has 7 nitrogen and oxygen atoms in total. The van der Waals surface area contributed by atoms with Gasteiger partial charge in [-0.1, -0.05) is 19.9 Å². The molecule has 1 aromatic rings. The number of amides is 1. The average Bonchev–Trinajstić information content (AvgIpc) is 2.50. The van der Waals surface area contributed by atoms with Crippen LogP contribution in [0, 0.1) is 0 Å². The molecule has 0 radical (unpaired) electrons. The number of alkyl carbamates (subject to hydrolysis) is 1. The molecule has 7 heteroatoms. The monoisotopic (exact) mass is 355 g/mol. The predicted molar refractivity (Wildman–Crippen MR) is 94.6 cm³/mol. The lowest BCUT2D eigenvalue weighted by Gasteiger charge is -2.23. The lowest BCUT2D eigenvalue weighted by atomic mass is 10.1. The van der Waals surface area contributed by atoms with Crippen LogP contribution in [0.1, 0.15) is 47.1 Å². The van der Waals surface area contributed by atoms with Gasteiger partial charge in [0.25, 0.3) is 0 Å². The van der Waals surface area contributed by atoms with Crippen molar-refractivity contribution >= 4 is 12.1 Å². The van der Waals surface area contributed by atoms with Crippen molar-refractivity contribution < 1.29 is 29.3 Å². The van der Waals surface area contributed by atoms with E-state index in [9.17, 15) is 19.8 Å². The number of hydrogen-bond acceptors (Lipinski definition) is 6. The van der Waals surface area contributed by atoms with Gasteiger partial charge in [0.15, 0.2) is 11.5 Å². The Hall–Kier alpha value is -2.44. The molecular formula is C18H29NO6. The summed E-state index contributed by atoms with van der Waals surface area (Å²) < 4.78 is 10.1. The van der Waals surface area contributed by atoms with Crippen LogP contribution in [0.15, 0.2) is 18.2 Å². The number of benzene rings is 1. The third-order valence-electron chi connectivity index (χ3n) is 2.74. The Bertz CT molecular complexity index is 565. The Balaban J connectivity index is 0.00000277. The van der Waals surface area contributed by atoms with Gasteiger partial charge in [-0.15, -0.1) is 0 Å². The molecule has 3 N–H and O–H groups in total. The first kappa shape index (κ1) is 22.6. The van der Waals surface area contributed by atoms with Crippen LogP contribution in [-0.2, 0) is 20.7 Å². The van der Waals surface area contributed by atoms with Crippen molar-refractivity contribution in [3.8, 4) is 11.5 Å². The fourth-order valence-corrected chi connectivity index (χ4v) is 1.82. The molecule has 0 saturated heterocycles. The van der Waals surface area contributed by atoms with E-state index in [2.05, 4.69) is 5.32 Å². The zero-order valence-corrected chi connectivity index (χ0v) is 15.8. The van der Waals surface area contributed by atoms with E-state index in [-0.39, 0.29) is 24.5 Å². The summed E-state index contributed by atoms with van der Waals surface area (Å²) in [6, 6.07) is 3.20. The number of carbonyl (C=O) groups is 2. The number of phenols is 2. The molecule has 1 rings (SSSR count). The van der Waals surface area contributed by atoms with Crippen molar-refractivity contribution in [1.29, 1.82) is 0 Å². The number of aromatic hydroxyl groups is 2. The second kappa shape index (κ2) is 10.4. The maximum absolute atomic E-state index is 12.0. The van der Waals surface area contributed by atoms with E-state index >= 15 is 0 Å². The van der Waals surface area contributed by atoms with Crippen LogP contribution in [0.3, 0.4) is 0 Å². The first-order chi connectivity index (χ1) is 11.6. The molecule has 1 unspecified atom stereocenters. The summed E-state index contributed by atoms with van der Waals surface area (Å²) in [5.41, 5.74) is -0.144. The Morgan fingerprint density at radius 2 is 1.76 bits per heavy atom. The minimum atomic E-state index is -0.964. The van der Waals surface area contributed by atoms with Gasteiger partial charge in [-0.05, 0) is 45.4 Å². The van der Waals surface area contributed by atoms with Crippen LogP contribution in [0.4, 0.5) is 4.79 Å². The fraction of sp³-hybridized carbons (Fsp3) is 0.556. The van der Waals surface area contributed by atoms with Crippen molar-refractivity contribution in [2.75, 3.05) is 6.61 Å². The molecule has 0 bridgehead atoms. The van der Waals surface area contributed by atoms with E-state index in [1.807, 2.05) is 13.8 Å². The second-order valence-corrected chi connectivity index (χ2v) is 5.98. The van der Waals surface area contributed by atoms with Gasteiger partial charge in [0.05, 0.1) is 6.61 Å². The van der Waals surface area contributed by atoms with E-state index in [0.29, 0.717) is 5.56 Å². The van der Waals surface area contributed by atoms with E-state index in [4.69, 9.17) is 9.47 Å². The largest absolute Gasteiger partial charge is 0.504 e. The molecule has 0 heterocycles. The van der Waals surface area contributed by atoms with Gasteiger partial charge in [-0.3, -0.25) is 0 Å². The number of ether oxygens (including phenoxy) is 2. The summed E-state index contributed by atoms with van der Waals surface area (Å²) in [5.74, 6) is -1.17. The minimum Gasteiger partial charge on any atom is -0.504 e. The van der Waals surface area contributed by atoms with Crippen LogP contribution >= 0.6 is 0 Å². The number of phenolic OH excluding ortho intramolecular Hbond substituents is 2. The van der Waals surface area contributed by atoms with Gasteiger partial charge in [0.2, 0.25) is 0 Å². The van der Waals surface area contributed by atoms with Gasteiger partial charge < -0.3 is 25.0 Å². The Kier molecular flexibility index (Phi) is 9.41. The molecule has 0 aromatic heterocycles. The van der Waals surface area contributed by atoms with Gasteiger partial charge in [-0.25, -0.2) is 9.59 Å². The average molecular weight is 355 g/mol. The molecule has 1 amide bonds. The maximum atomic E-state index is 12.0. The summed E-state index contributed by atoms with van der Waals surface area (Å²) >= 11 is 0. The molecule has 0 fully saturated rings. The lowest BCUT2D eigenvalue weighted by Crippen LogP contribution is -2.45. The fourth-order valence-electron chi connectivity index (χ4n) is 1.82. The smallest absolute Gasteiger partial charge is 0.408 e. The zero-order chi connectivity index (χ0) is 19.6. The third kappa shape index (κ3) is 8.83. The van der Waals surface area contributed by atoms with Crippen LogP contribution in [0.5, 0.6) is 11.5 Å². The molecule has 1 aromatic carbocycles. The molecule has 25 heavy (non-hydrogen) atoms. The highest BCUT2D eigenvalue weighted by Crippen LogP contribution is 2.25. The molecule has 0 aliphatic carbocycles. The molecule has 0 aliphatic heterocycles. The highest BCUT2D eigenvalue weighted by atomic mass is 16.6. The van der Waals surface area contributed by atoms with Crippen LogP contribution < -0.4 is 5.32 Å². The van der Waals surface area contributed by atoms with Gasteiger partial charge >= 0.3 is 12.1 Å². The van der Waals surface area contributed by atoms with E-state index in [0.717, 1.165) is 0 Å². The predicted octanol–water partition coefficient (Wildman–Crippen LogP) is 3.12. The van der Waals surface area contributed by atoms with Gasteiger partial charge in [-0.2, -0.15) is 0 Å². The van der Waals surface area contributed by atoms with Crippen molar-refractivity contribution in [3.63, 3.8) is 0 Å². The van der Waals surface area contributed by atoms with Gasteiger partial charge in [0.1, 0.15) is 11.6 Å². The first-order valence-corrected chi connectivity index (χ1v) is 8.29. The summed E-state index contributed by atoms with van der Waals surface area (Å²) in [6.07, 6.45) is -0.648. The molecule has 142 valence electrons. The topological polar surface area (TPSA) is 105 Å². The highest BCUT2D eigenvalue weighted by Gasteiger charge is 2.25. The Morgan fingerprint density at radius 3 is 2.24 bits per heavy atom. The molecule has 0 aliphatic rings. The Morgan fingerprint density at radius 1 is 1.16 bits per heavy atom. The number of esters is 1. The summed E-state index contributed by atoms with van der Waals surface area (Å²) in [6.45, 7) is 11.0. The molecule has 0 saturated carbocycles. The van der Waals surface area contributed by atoms with E-state index in [1.54, 1.807) is 27.7 Å². The number of hydrogen-bond donors (Lipinski definition) is 3. The van der Waals surface area contributed by atoms with Crippen LogP contribution in [-0.4, -0.2) is 40.5 Å². The third-order valence-corrected chi connectivity index (χ3v) is 2.74. The van der Waals surface area contributed by atoms with Crippen molar-refractivity contribution in [3.05, 3.63) is 23.8 Å². The molecule has 1 atom stereocenters. The highest BCUT2D eigenvalue weighted by molar-refractivity contribution is 5.81. The Labute approximate surface area is 149 Å². The van der Waals surface area contributed by atoms with Crippen molar-refractivity contribution in [1.82, 2.24) is 5.32 Å². The number of rotatable bonds is 5. The normalized spacial score (nSPS) is 11.6. The number of nitrogens with one attached hydrogen (secondary N) is 1. The SMILES string of the molecule is CC.CCOC(=O)C(Cc1ccc(O)c(O)c1)NC(=O)OC(C)(C)C. The van der Waals surface area contributed by atoms with Crippen molar-refractivity contribution in [2.45, 2.75) is 59.6 Å². The quantitative estimate of drug-likeness (QED) is 0.554. The van der Waals surface area contributed by atoms with E-state index < -0.39 is 23.7 Å². The van der Waals surface area contributed by atoms with Crippen LogP contribution in [0.25, 0.3) is 0 Å².